The molecule has 9 nitrogen and oxygen atoms in total. The first-order valence-corrected chi connectivity index (χ1v) is 10.3. The number of carbonyl (C=O) groups is 2. The second kappa shape index (κ2) is 8.03. The lowest BCUT2D eigenvalue weighted by atomic mass is 9.89. The lowest BCUT2D eigenvalue weighted by Gasteiger charge is -2.28. The van der Waals surface area contributed by atoms with Crippen molar-refractivity contribution in [3.05, 3.63) is 94.5 Å². The zero-order chi connectivity index (χ0) is 23.1. The van der Waals surface area contributed by atoms with Gasteiger partial charge in [0.05, 0.1) is 29.0 Å². The molecule has 0 aromatic heterocycles. The Morgan fingerprint density at radius 2 is 1.61 bits per heavy atom. The number of benzene rings is 3. The van der Waals surface area contributed by atoms with E-state index in [4.69, 9.17) is 9.57 Å². The predicted octanol–water partition coefficient (Wildman–Crippen LogP) is 3.65. The molecule has 0 unspecified atom stereocenters. The molecule has 0 radical (unpaired) electrons. The molecule has 0 bridgehead atoms. The van der Waals surface area contributed by atoms with Gasteiger partial charge in [-0.2, -0.15) is 0 Å². The first-order valence-electron chi connectivity index (χ1n) is 10.3. The molecule has 0 saturated carbocycles. The SMILES string of the molecule is COc1cccc(N2C(=O)[C@@H]3[C@H](ON(c4ccccc4)[C@@H]3c3ccccc3[N+](=O)[O-])C2=O)c1. The van der Waals surface area contributed by atoms with Crippen molar-refractivity contribution in [1.82, 2.24) is 0 Å². The molecule has 9 heteroatoms. The summed E-state index contributed by atoms with van der Waals surface area (Å²) < 4.78 is 5.22. The number of methoxy groups -OCH3 is 1. The summed E-state index contributed by atoms with van der Waals surface area (Å²) in [6.07, 6.45) is -1.12. The van der Waals surface area contributed by atoms with Gasteiger partial charge in [0, 0.05) is 12.1 Å². The lowest BCUT2D eigenvalue weighted by molar-refractivity contribution is -0.385. The largest absolute Gasteiger partial charge is 0.497 e. The zero-order valence-corrected chi connectivity index (χ0v) is 17.5. The van der Waals surface area contributed by atoms with Crippen LogP contribution in [-0.2, 0) is 14.4 Å². The third kappa shape index (κ3) is 3.30. The number of nitro groups is 1. The quantitative estimate of drug-likeness (QED) is 0.336. The van der Waals surface area contributed by atoms with Gasteiger partial charge in [-0.15, -0.1) is 0 Å². The van der Waals surface area contributed by atoms with Crippen LogP contribution in [0.5, 0.6) is 5.75 Å². The molecule has 3 atom stereocenters. The van der Waals surface area contributed by atoms with Crippen molar-refractivity contribution in [2.24, 2.45) is 5.92 Å². The molecular weight excluding hydrogens is 426 g/mol. The highest BCUT2D eigenvalue weighted by Crippen LogP contribution is 2.49. The number of hydroxylamine groups is 1. The summed E-state index contributed by atoms with van der Waals surface area (Å²) in [5.74, 6) is -1.49. The Morgan fingerprint density at radius 3 is 2.33 bits per heavy atom. The summed E-state index contributed by atoms with van der Waals surface area (Å²) in [5.41, 5.74) is 1.10. The van der Waals surface area contributed by atoms with Gasteiger partial charge in [0.25, 0.3) is 11.6 Å². The van der Waals surface area contributed by atoms with E-state index in [2.05, 4.69) is 0 Å². The minimum atomic E-state index is -1.12. The third-order valence-electron chi connectivity index (χ3n) is 5.89. The van der Waals surface area contributed by atoms with Crippen molar-refractivity contribution in [2.75, 3.05) is 17.1 Å². The summed E-state index contributed by atoms with van der Waals surface area (Å²) in [6.45, 7) is 0. The summed E-state index contributed by atoms with van der Waals surface area (Å²) in [5, 5.41) is 13.2. The summed E-state index contributed by atoms with van der Waals surface area (Å²) in [4.78, 5) is 45.4. The second-order valence-corrected chi connectivity index (χ2v) is 7.69. The fraction of sp³-hybridized carbons (Fsp3) is 0.167. The van der Waals surface area contributed by atoms with Crippen molar-refractivity contribution in [3.8, 4) is 5.75 Å². The lowest BCUT2D eigenvalue weighted by Crippen LogP contribution is -2.37. The van der Waals surface area contributed by atoms with Gasteiger partial charge in [-0.25, -0.2) is 9.96 Å². The average Bonchev–Trinajstić information content (AvgIpc) is 3.35. The Balaban J connectivity index is 1.63. The fourth-order valence-corrected chi connectivity index (χ4v) is 4.44. The van der Waals surface area contributed by atoms with E-state index in [0.717, 1.165) is 4.90 Å². The maximum atomic E-state index is 13.6. The number of carbonyl (C=O) groups excluding carboxylic acids is 2. The first-order chi connectivity index (χ1) is 16.0. The molecule has 2 fully saturated rings. The van der Waals surface area contributed by atoms with Crippen LogP contribution >= 0.6 is 0 Å². The molecule has 0 N–H and O–H groups in total. The van der Waals surface area contributed by atoms with E-state index in [1.165, 1.54) is 18.2 Å². The number of ether oxygens (including phenoxy) is 1. The molecule has 0 aliphatic carbocycles. The molecule has 2 aliphatic heterocycles. The minimum Gasteiger partial charge on any atom is -0.497 e. The van der Waals surface area contributed by atoms with E-state index in [-0.39, 0.29) is 5.69 Å². The fourth-order valence-electron chi connectivity index (χ4n) is 4.44. The van der Waals surface area contributed by atoms with Gasteiger partial charge in [0.2, 0.25) is 5.91 Å². The Bertz CT molecular complexity index is 1250. The zero-order valence-electron chi connectivity index (χ0n) is 17.5. The Hall–Kier alpha value is -4.24. The Labute approximate surface area is 188 Å². The van der Waals surface area contributed by atoms with E-state index in [0.29, 0.717) is 22.7 Å². The van der Waals surface area contributed by atoms with Crippen molar-refractivity contribution in [3.63, 3.8) is 0 Å². The van der Waals surface area contributed by atoms with Crippen LogP contribution in [0.4, 0.5) is 17.1 Å². The highest BCUT2D eigenvalue weighted by atomic mass is 16.7. The number of anilines is 2. The second-order valence-electron chi connectivity index (χ2n) is 7.69. The number of amides is 2. The molecule has 2 aliphatic rings. The van der Waals surface area contributed by atoms with Crippen molar-refractivity contribution in [1.29, 1.82) is 0 Å². The molecule has 0 spiro atoms. The maximum absolute atomic E-state index is 13.6. The Kier molecular flexibility index (Phi) is 5.02. The van der Waals surface area contributed by atoms with E-state index in [1.54, 1.807) is 66.7 Å². The van der Waals surface area contributed by atoms with Crippen molar-refractivity contribution >= 4 is 28.9 Å². The molecule has 2 saturated heterocycles. The van der Waals surface area contributed by atoms with E-state index < -0.39 is 34.8 Å². The summed E-state index contributed by atoms with van der Waals surface area (Å²) in [7, 11) is 1.49. The number of para-hydroxylation sites is 2. The highest BCUT2D eigenvalue weighted by Gasteiger charge is 2.61. The van der Waals surface area contributed by atoms with Crippen LogP contribution in [0.2, 0.25) is 0 Å². The molecule has 3 aromatic carbocycles. The molecule has 2 amide bonds. The standard InChI is InChI=1S/C24H19N3O6/c1-32-17-11-7-10-16(14-17)25-23(28)20-21(18-12-5-6-13-19(18)27(30)31)26(33-22(20)24(25)29)15-8-3-2-4-9-15/h2-14,20-22H,1H3/t20-,21+,22-/m0/s1. The van der Waals surface area contributed by atoms with Crippen molar-refractivity contribution < 1.29 is 24.1 Å². The number of nitro benzene ring substituents is 1. The van der Waals surface area contributed by atoms with Gasteiger partial charge in [0.15, 0.2) is 6.10 Å². The topological polar surface area (TPSA) is 102 Å². The molecule has 33 heavy (non-hydrogen) atoms. The van der Waals surface area contributed by atoms with Crippen LogP contribution in [-0.4, -0.2) is 30.0 Å². The first kappa shape index (κ1) is 20.7. The normalized spacial score (nSPS) is 21.9. The van der Waals surface area contributed by atoms with Gasteiger partial charge in [-0.1, -0.05) is 36.4 Å². The van der Waals surface area contributed by atoms with Gasteiger partial charge in [-0.3, -0.25) is 24.5 Å². The number of hydrogen-bond donors (Lipinski definition) is 0. The maximum Gasteiger partial charge on any atom is 0.274 e. The van der Waals surface area contributed by atoms with Crippen LogP contribution in [0, 0.1) is 16.0 Å². The minimum absolute atomic E-state index is 0.146. The third-order valence-corrected chi connectivity index (χ3v) is 5.89. The van der Waals surface area contributed by atoms with Gasteiger partial charge >= 0.3 is 0 Å². The van der Waals surface area contributed by atoms with Crippen molar-refractivity contribution in [2.45, 2.75) is 12.1 Å². The molecule has 5 rings (SSSR count). The monoisotopic (exact) mass is 445 g/mol. The van der Waals surface area contributed by atoms with Crippen LogP contribution in [0.25, 0.3) is 0 Å². The van der Waals surface area contributed by atoms with Crippen LogP contribution in [0.3, 0.4) is 0 Å². The van der Waals surface area contributed by atoms with Crippen LogP contribution in [0.1, 0.15) is 11.6 Å². The van der Waals surface area contributed by atoms with Crippen LogP contribution in [0.15, 0.2) is 78.9 Å². The molecule has 166 valence electrons. The smallest absolute Gasteiger partial charge is 0.274 e. The molecule has 2 heterocycles. The Morgan fingerprint density at radius 1 is 0.909 bits per heavy atom. The van der Waals surface area contributed by atoms with Gasteiger partial charge in [0.1, 0.15) is 17.7 Å². The van der Waals surface area contributed by atoms with Gasteiger partial charge in [-0.05, 0) is 30.3 Å². The summed E-state index contributed by atoms with van der Waals surface area (Å²) in [6, 6.07) is 20.9. The number of nitrogens with zero attached hydrogens (tertiary/aromatic N) is 3. The number of fused-ring (bicyclic) bond motifs is 1. The number of hydrogen-bond acceptors (Lipinski definition) is 7. The van der Waals surface area contributed by atoms with E-state index in [1.807, 2.05) is 6.07 Å². The summed E-state index contributed by atoms with van der Waals surface area (Å²) >= 11 is 0. The molecular formula is C24H19N3O6. The van der Waals surface area contributed by atoms with E-state index in [9.17, 15) is 19.7 Å². The number of rotatable bonds is 5. The number of imide groups is 1. The van der Waals surface area contributed by atoms with Gasteiger partial charge < -0.3 is 4.74 Å². The average molecular weight is 445 g/mol. The van der Waals surface area contributed by atoms with E-state index >= 15 is 0 Å². The molecule has 3 aromatic rings. The van der Waals surface area contributed by atoms with Crippen LogP contribution < -0.4 is 14.7 Å². The predicted molar refractivity (Wildman–Crippen MR) is 119 cm³/mol. The highest BCUT2D eigenvalue weighted by molar-refractivity contribution is 6.24.